The third-order valence-corrected chi connectivity index (χ3v) is 5.46. The molecule has 4 rings (SSSR count). The van der Waals surface area contributed by atoms with Crippen molar-refractivity contribution in [3.8, 4) is 17.2 Å². The van der Waals surface area contributed by atoms with Gasteiger partial charge in [-0.2, -0.15) is 0 Å². The SMILES string of the molecule is COc1ccc([C@@H]2CCCN2C(=O)c2ccc3c(c2)C[C@H](C)O3)c(OC)c1. The van der Waals surface area contributed by atoms with Crippen molar-refractivity contribution in [3.63, 3.8) is 0 Å². The fraction of sp³-hybridized carbons (Fsp3) is 0.409. The van der Waals surface area contributed by atoms with E-state index in [0.29, 0.717) is 0 Å². The molecule has 0 aliphatic carbocycles. The summed E-state index contributed by atoms with van der Waals surface area (Å²) in [6, 6.07) is 11.6. The van der Waals surface area contributed by atoms with Gasteiger partial charge in [0.2, 0.25) is 0 Å². The summed E-state index contributed by atoms with van der Waals surface area (Å²) in [5.74, 6) is 2.47. The number of nitrogens with zero attached hydrogens (tertiary/aromatic N) is 1. The molecular weight excluding hydrogens is 342 g/mol. The molecule has 0 bridgehead atoms. The summed E-state index contributed by atoms with van der Waals surface area (Å²) in [4.78, 5) is 15.2. The minimum atomic E-state index is 0.0155. The molecule has 2 aromatic rings. The molecule has 0 aromatic heterocycles. The molecule has 27 heavy (non-hydrogen) atoms. The summed E-state index contributed by atoms with van der Waals surface area (Å²) in [6.07, 6.45) is 2.94. The number of carbonyl (C=O) groups excluding carboxylic acids is 1. The highest BCUT2D eigenvalue weighted by Gasteiger charge is 2.33. The van der Waals surface area contributed by atoms with E-state index in [1.165, 1.54) is 0 Å². The molecule has 1 saturated heterocycles. The first-order valence-electron chi connectivity index (χ1n) is 9.43. The van der Waals surface area contributed by atoms with Crippen LogP contribution in [0.2, 0.25) is 0 Å². The molecule has 0 radical (unpaired) electrons. The normalized spacial score (nSPS) is 20.9. The zero-order valence-electron chi connectivity index (χ0n) is 16.0. The van der Waals surface area contributed by atoms with Gasteiger partial charge < -0.3 is 19.1 Å². The molecule has 0 N–H and O–H groups in total. The Morgan fingerprint density at radius 1 is 1.15 bits per heavy atom. The molecule has 5 nitrogen and oxygen atoms in total. The van der Waals surface area contributed by atoms with Crippen LogP contribution in [-0.4, -0.2) is 37.7 Å². The van der Waals surface area contributed by atoms with Crippen molar-refractivity contribution >= 4 is 5.91 Å². The molecule has 2 heterocycles. The van der Waals surface area contributed by atoms with Crippen molar-refractivity contribution in [2.24, 2.45) is 0 Å². The summed E-state index contributed by atoms with van der Waals surface area (Å²) in [7, 11) is 3.29. The summed E-state index contributed by atoms with van der Waals surface area (Å²) in [6.45, 7) is 2.80. The summed E-state index contributed by atoms with van der Waals surface area (Å²) in [5.41, 5.74) is 2.87. The second-order valence-electron chi connectivity index (χ2n) is 7.22. The lowest BCUT2D eigenvalue weighted by molar-refractivity contribution is 0.0734. The van der Waals surface area contributed by atoms with E-state index in [2.05, 4.69) is 0 Å². The molecule has 2 aliphatic heterocycles. The van der Waals surface area contributed by atoms with Crippen LogP contribution in [0.3, 0.4) is 0 Å². The van der Waals surface area contributed by atoms with Gasteiger partial charge in [0, 0.05) is 30.2 Å². The van der Waals surface area contributed by atoms with Gasteiger partial charge in [-0.1, -0.05) is 0 Å². The third-order valence-electron chi connectivity index (χ3n) is 5.46. The maximum atomic E-state index is 13.3. The lowest BCUT2D eigenvalue weighted by Gasteiger charge is -2.27. The monoisotopic (exact) mass is 367 g/mol. The number of fused-ring (bicyclic) bond motifs is 1. The van der Waals surface area contributed by atoms with E-state index in [4.69, 9.17) is 14.2 Å². The standard InChI is InChI=1S/C22H25NO4/c1-14-11-16-12-15(6-9-20(16)27-14)22(24)23-10-4-5-19(23)18-8-7-17(25-2)13-21(18)26-3/h6-9,12-14,19H,4-5,10-11H2,1-3H3/t14-,19-/m0/s1. The van der Waals surface area contributed by atoms with Crippen LogP contribution < -0.4 is 14.2 Å². The Morgan fingerprint density at radius 2 is 2.00 bits per heavy atom. The largest absolute Gasteiger partial charge is 0.497 e. The molecule has 2 aromatic carbocycles. The van der Waals surface area contributed by atoms with Crippen molar-refractivity contribution in [1.29, 1.82) is 0 Å². The van der Waals surface area contributed by atoms with E-state index < -0.39 is 0 Å². The molecule has 0 saturated carbocycles. The zero-order valence-corrected chi connectivity index (χ0v) is 16.0. The van der Waals surface area contributed by atoms with Crippen LogP contribution in [0, 0.1) is 0 Å². The van der Waals surface area contributed by atoms with Gasteiger partial charge in [-0.05, 0) is 55.7 Å². The van der Waals surface area contributed by atoms with Gasteiger partial charge in [-0.15, -0.1) is 0 Å². The Labute approximate surface area is 159 Å². The van der Waals surface area contributed by atoms with Crippen LogP contribution in [0.5, 0.6) is 17.2 Å². The first-order chi connectivity index (χ1) is 13.1. The van der Waals surface area contributed by atoms with E-state index in [1.54, 1.807) is 14.2 Å². The smallest absolute Gasteiger partial charge is 0.254 e. The lowest BCUT2D eigenvalue weighted by atomic mass is 10.0. The number of amides is 1. The van der Waals surface area contributed by atoms with Crippen LogP contribution in [-0.2, 0) is 6.42 Å². The quantitative estimate of drug-likeness (QED) is 0.819. The maximum Gasteiger partial charge on any atom is 0.254 e. The molecule has 0 spiro atoms. The molecule has 1 amide bonds. The fourth-order valence-corrected chi connectivity index (χ4v) is 4.15. The Balaban J connectivity index is 1.62. The molecule has 1 fully saturated rings. The molecule has 0 unspecified atom stereocenters. The van der Waals surface area contributed by atoms with Crippen LogP contribution in [0.15, 0.2) is 36.4 Å². The minimum Gasteiger partial charge on any atom is -0.497 e. The second kappa shape index (κ2) is 7.14. The van der Waals surface area contributed by atoms with Gasteiger partial charge in [0.05, 0.1) is 20.3 Å². The van der Waals surface area contributed by atoms with Crippen LogP contribution in [0.25, 0.3) is 0 Å². The number of methoxy groups -OCH3 is 2. The van der Waals surface area contributed by atoms with E-state index >= 15 is 0 Å². The first kappa shape index (κ1) is 17.7. The third kappa shape index (κ3) is 3.22. The lowest BCUT2D eigenvalue weighted by Crippen LogP contribution is -2.30. The van der Waals surface area contributed by atoms with Crippen LogP contribution in [0.1, 0.15) is 47.3 Å². The number of rotatable bonds is 4. The van der Waals surface area contributed by atoms with E-state index in [0.717, 1.165) is 59.7 Å². The molecular formula is C22H25NO4. The van der Waals surface area contributed by atoms with E-state index in [-0.39, 0.29) is 18.1 Å². The number of hydrogen-bond acceptors (Lipinski definition) is 4. The average Bonchev–Trinajstić information content (AvgIpc) is 3.31. The van der Waals surface area contributed by atoms with Crippen molar-refractivity contribution in [1.82, 2.24) is 4.90 Å². The van der Waals surface area contributed by atoms with Gasteiger partial charge in [0.25, 0.3) is 5.91 Å². The summed E-state index contributed by atoms with van der Waals surface area (Å²) in [5, 5.41) is 0. The topological polar surface area (TPSA) is 48.0 Å². The summed E-state index contributed by atoms with van der Waals surface area (Å²) >= 11 is 0. The van der Waals surface area contributed by atoms with Crippen LogP contribution in [0.4, 0.5) is 0 Å². The highest BCUT2D eigenvalue weighted by molar-refractivity contribution is 5.95. The summed E-state index contributed by atoms with van der Waals surface area (Å²) < 4.78 is 16.6. The van der Waals surface area contributed by atoms with Crippen molar-refractivity contribution in [3.05, 3.63) is 53.1 Å². The van der Waals surface area contributed by atoms with Crippen molar-refractivity contribution in [2.75, 3.05) is 20.8 Å². The molecule has 2 aliphatic rings. The van der Waals surface area contributed by atoms with Gasteiger partial charge in [-0.3, -0.25) is 4.79 Å². The Bertz CT molecular complexity index is 863. The fourth-order valence-electron chi connectivity index (χ4n) is 4.15. The van der Waals surface area contributed by atoms with Gasteiger partial charge in [0.15, 0.2) is 0 Å². The number of likely N-dealkylation sites (tertiary alicyclic amines) is 1. The van der Waals surface area contributed by atoms with Gasteiger partial charge in [-0.25, -0.2) is 0 Å². The predicted molar refractivity (Wildman–Crippen MR) is 103 cm³/mol. The predicted octanol–water partition coefficient (Wildman–Crippen LogP) is 4.00. The van der Waals surface area contributed by atoms with E-state index in [1.807, 2.05) is 48.2 Å². The van der Waals surface area contributed by atoms with E-state index in [9.17, 15) is 4.79 Å². The Hall–Kier alpha value is -2.69. The average molecular weight is 367 g/mol. The maximum absolute atomic E-state index is 13.3. The highest BCUT2D eigenvalue weighted by Crippen LogP contribution is 2.40. The van der Waals surface area contributed by atoms with Crippen LogP contribution >= 0.6 is 0 Å². The van der Waals surface area contributed by atoms with Gasteiger partial charge >= 0.3 is 0 Å². The molecule has 142 valence electrons. The molecule has 5 heteroatoms. The number of ether oxygens (including phenoxy) is 3. The van der Waals surface area contributed by atoms with Crippen molar-refractivity contribution < 1.29 is 19.0 Å². The second-order valence-corrected chi connectivity index (χ2v) is 7.22. The molecule has 2 atom stereocenters. The van der Waals surface area contributed by atoms with Gasteiger partial charge in [0.1, 0.15) is 23.4 Å². The number of benzene rings is 2. The van der Waals surface area contributed by atoms with Crippen molar-refractivity contribution in [2.45, 2.75) is 38.3 Å². The highest BCUT2D eigenvalue weighted by atomic mass is 16.5. The zero-order chi connectivity index (χ0) is 19.0. The number of carbonyl (C=O) groups is 1. The first-order valence-corrected chi connectivity index (χ1v) is 9.43. The minimum absolute atomic E-state index is 0.0155. The number of hydrogen-bond donors (Lipinski definition) is 0. The Kier molecular flexibility index (Phi) is 4.68. The Morgan fingerprint density at radius 3 is 2.78 bits per heavy atom.